The smallest absolute Gasteiger partial charge is 0.255 e. The molecule has 0 saturated carbocycles. The lowest BCUT2D eigenvalue weighted by molar-refractivity contribution is -0.121. The lowest BCUT2D eigenvalue weighted by atomic mass is 10.0. The molecule has 136 valence electrons. The summed E-state index contributed by atoms with van der Waals surface area (Å²) in [5.74, 6) is -0.220. The molecule has 1 unspecified atom stereocenters. The van der Waals surface area contributed by atoms with E-state index in [0.29, 0.717) is 17.1 Å². The largest absolute Gasteiger partial charge is 0.325 e. The number of hydrogen-bond acceptors (Lipinski definition) is 2. The third kappa shape index (κ3) is 3.28. The molecular formula is C22H19ClN2O2. The number of carbonyl (C=O) groups excluding carboxylic acids is 2. The van der Waals surface area contributed by atoms with Crippen LogP contribution in [0.4, 0.5) is 5.69 Å². The lowest BCUT2D eigenvalue weighted by Crippen LogP contribution is -2.57. The first kappa shape index (κ1) is 17.6. The highest BCUT2D eigenvalue weighted by Crippen LogP contribution is 2.26. The minimum Gasteiger partial charge on any atom is -0.325 e. The Morgan fingerprint density at radius 3 is 2.59 bits per heavy atom. The van der Waals surface area contributed by atoms with Gasteiger partial charge >= 0.3 is 0 Å². The Bertz CT molecular complexity index is 1030. The molecule has 2 amide bonds. The van der Waals surface area contributed by atoms with Crippen LogP contribution in [0.25, 0.3) is 10.8 Å². The molecule has 1 fully saturated rings. The van der Waals surface area contributed by atoms with Crippen LogP contribution in [0.2, 0.25) is 5.02 Å². The van der Waals surface area contributed by atoms with Crippen molar-refractivity contribution in [2.75, 3.05) is 18.0 Å². The lowest BCUT2D eigenvalue weighted by Gasteiger charge is -2.39. The van der Waals surface area contributed by atoms with Gasteiger partial charge in [0.2, 0.25) is 5.91 Å². The maximum absolute atomic E-state index is 13.2. The van der Waals surface area contributed by atoms with E-state index in [1.54, 1.807) is 21.9 Å². The second kappa shape index (κ2) is 7.05. The van der Waals surface area contributed by atoms with Crippen LogP contribution in [-0.2, 0) is 4.79 Å². The van der Waals surface area contributed by atoms with Gasteiger partial charge in [0.1, 0.15) is 6.54 Å². The van der Waals surface area contributed by atoms with Crippen LogP contribution in [0.1, 0.15) is 17.3 Å². The van der Waals surface area contributed by atoms with E-state index < -0.39 is 0 Å². The van der Waals surface area contributed by atoms with Crippen LogP contribution >= 0.6 is 11.6 Å². The second-order valence-corrected chi connectivity index (χ2v) is 7.23. The minimum atomic E-state index is -0.113. The van der Waals surface area contributed by atoms with Crippen LogP contribution < -0.4 is 4.90 Å². The fourth-order valence-corrected chi connectivity index (χ4v) is 3.77. The molecule has 27 heavy (non-hydrogen) atoms. The summed E-state index contributed by atoms with van der Waals surface area (Å²) in [6, 6.07) is 20.6. The highest BCUT2D eigenvalue weighted by atomic mass is 35.5. The van der Waals surface area contributed by atoms with Gasteiger partial charge in [0.25, 0.3) is 5.91 Å². The Labute approximate surface area is 162 Å². The van der Waals surface area contributed by atoms with E-state index in [1.165, 1.54) is 0 Å². The first-order chi connectivity index (χ1) is 13.0. The summed E-state index contributed by atoms with van der Waals surface area (Å²) in [5.41, 5.74) is 1.39. The third-order valence-electron chi connectivity index (χ3n) is 4.99. The summed E-state index contributed by atoms with van der Waals surface area (Å²) in [5, 5.41) is 2.50. The van der Waals surface area contributed by atoms with Crippen LogP contribution in [0.15, 0.2) is 66.7 Å². The summed E-state index contributed by atoms with van der Waals surface area (Å²) >= 11 is 6.06. The van der Waals surface area contributed by atoms with Gasteiger partial charge in [-0.1, -0.05) is 54.1 Å². The second-order valence-electron chi connectivity index (χ2n) is 6.79. The number of carbonyl (C=O) groups is 2. The van der Waals surface area contributed by atoms with Gasteiger partial charge in [0.15, 0.2) is 0 Å². The Balaban J connectivity index is 1.62. The Hall–Kier alpha value is -2.85. The van der Waals surface area contributed by atoms with Crippen molar-refractivity contribution in [3.63, 3.8) is 0 Å². The quantitative estimate of drug-likeness (QED) is 0.664. The summed E-state index contributed by atoms with van der Waals surface area (Å²) in [4.78, 5) is 29.3. The molecule has 0 N–H and O–H groups in total. The van der Waals surface area contributed by atoms with Gasteiger partial charge in [-0.2, -0.15) is 0 Å². The zero-order chi connectivity index (χ0) is 19.0. The van der Waals surface area contributed by atoms with Crippen molar-refractivity contribution < 1.29 is 9.59 Å². The number of nitrogens with zero attached hydrogens (tertiary/aromatic N) is 2. The molecule has 3 aromatic rings. The molecule has 1 heterocycles. The molecule has 3 aromatic carbocycles. The summed E-state index contributed by atoms with van der Waals surface area (Å²) in [7, 11) is 0. The van der Waals surface area contributed by atoms with E-state index in [4.69, 9.17) is 11.6 Å². The molecule has 0 bridgehead atoms. The van der Waals surface area contributed by atoms with Gasteiger partial charge in [-0.05, 0) is 42.0 Å². The zero-order valence-electron chi connectivity index (χ0n) is 14.9. The molecule has 0 aliphatic carbocycles. The Morgan fingerprint density at radius 2 is 1.78 bits per heavy atom. The number of anilines is 1. The first-order valence-electron chi connectivity index (χ1n) is 8.89. The molecular weight excluding hydrogens is 360 g/mol. The van der Waals surface area contributed by atoms with Crippen LogP contribution in [0, 0.1) is 0 Å². The molecule has 5 heteroatoms. The molecule has 1 atom stereocenters. The van der Waals surface area contributed by atoms with E-state index in [-0.39, 0.29) is 24.4 Å². The van der Waals surface area contributed by atoms with Crippen LogP contribution in [-0.4, -0.2) is 35.8 Å². The van der Waals surface area contributed by atoms with Crippen molar-refractivity contribution in [2.24, 2.45) is 0 Å². The predicted molar refractivity (Wildman–Crippen MR) is 108 cm³/mol. The van der Waals surface area contributed by atoms with E-state index in [2.05, 4.69) is 0 Å². The topological polar surface area (TPSA) is 40.6 Å². The fraction of sp³-hybridized carbons (Fsp3) is 0.182. The maximum atomic E-state index is 13.2. The van der Waals surface area contributed by atoms with Gasteiger partial charge in [-0.3, -0.25) is 9.59 Å². The SMILES string of the molecule is CC1CN(c2cccc(Cl)c2)C(=O)CN1C(=O)c1cccc2ccccc12. The molecule has 0 aromatic heterocycles. The maximum Gasteiger partial charge on any atom is 0.255 e. The van der Waals surface area contributed by atoms with E-state index >= 15 is 0 Å². The van der Waals surface area contributed by atoms with Gasteiger partial charge in [0.05, 0.1) is 0 Å². The average molecular weight is 379 g/mol. The van der Waals surface area contributed by atoms with E-state index in [9.17, 15) is 9.59 Å². The number of benzene rings is 3. The van der Waals surface area contributed by atoms with Crippen LogP contribution in [0.5, 0.6) is 0 Å². The number of amides is 2. The zero-order valence-corrected chi connectivity index (χ0v) is 15.7. The standard InChI is InChI=1S/C22H19ClN2O2/c1-15-13-25(18-9-5-8-17(23)12-18)21(26)14-24(15)22(27)20-11-4-7-16-6-2-3-10-19(16)20/h2-12,15H,13-14H2,1H3. The number of piperazine rings is 1. The van der Waals surface area contributed by atoms with Gasteiger partial charge in [-0.15, -0.1) is 0 Å². The molecule has 0 spiro atoms. The monoisotopic (exact) mass is 378 g/mol. The molecule has 1 aliphatic heterocycles. The number of hydrogen-bond donors (Lipinski definition) is 0. The summed E-state index contributed by atoms with van der Waals surface area (Å²) in [6.45, 7) is 2.46. The molecule has 1 saturated heterocycles. The minimum absolute atomic E-state index is 0.0513. The molecule has 4 nitrogen and oxygen atoms in total. The van der Waals surface area contributed by atoms with Gasteiger partial charge in [0, 0.05) is 28.9 Å². The summed E-state index contributed by atoms with van der Waals surface area (Å²) in [6.07, 6.45) is 0. The third-order valence-corrected chi connectivity index (χ3v) is 5.22. The van der Waals surface area contributed by atoms with Crippen molar-refractivity contribution >= 4 is 39.9 Å². The highest BCUT2D eigenvalue weighted by molar-refractivity contribution is 6.31. The van der Waals surface area contributed by atoms with Crippen LogP contribution in [0.3, 0.4) is 0 Å². The number of rotatable bonds is 2. The van der Waals surface area contributed by atoms with Gasteiger partial charge in [-0.25, -0.2) is 0 Å². The first-order valence-corrected chi connectivity index (χ1v) is 9.27. The van der Waals surface area contributed by atoms with Crippen molar-refractivity contribution in [3.05, 3.63) is 77.3 Å². The predicted octanol–water partition coefficient (Wildman–Crippen LogP) is 4.37. The van der Waals surface area contributed by atoms with Crippen molar-refractivity contribution in [1.29, 1.82) is 0 Å². The van der Waals surface area contributed by atoms with Gasteiger partial charge < -0.3 is 9.80 Å². The average Bonchev–Trinajstić information content (AvgIpc) is 2.68. The summed E-state index contributed by atoms with van der Waals surface area (Å²) < 4.78 is 0. The molecule has 0 radical (unpaired) electrons. The van der Waals surface area contributed by atoms with Crippen molar-refractivity contribution in [1.82, 2.24) is 4.90 Å². The molecule has 1 aliphatic rings. The Kier molecular flexibility index (Phi) is 4.58. The van der Waals surface area contributed by atoms with E-state index in [0.717, 1.165) is 16.5 Å². The number of fused-ring (bicyclic) bond motifs is 1. The Morgan fingerprint density at radius 1 is 1.04 bits per heavy atom. The normalized spacial score (nSPS) is 17.4. The van der Waals surface area contributed by atoms with Crippen molar-refractivity contribution in [3.8, 4) is 0 Å². The van der Waals surface area contributed by atoms with Crippen molar-refractivity contribution in [2.45, 2.75) is 13.0 Å². The highest BCUT2D eigenvalue weighted by Gasteiger charge is 2.34. The number of halogens is 1. The fourth-order valence-electron chi connectivity index (χ4n) is 3.58. The molecule has 4 rings (SSSR count). The van der Waals surface area contributed by atoms with E-state index in [1.807, 2.05) is 61.5 Å².